The Morgan fingerprint density at radius 2 is 2.05 bits per heavy atom. The number of thioether (sulfide) groups is 1. The van der Waals surface area contributed by atoms with Crippen molar-refractivity contribution in [1.29, 1.82) is 0 Å². The van der Waals surface area contributed by atoms with Crippen LogP contribution in [0.4, 0.5) is 0 Å². The van der Waals surface area contributed by atoms with Gasteiger partial charge in [-0.2, -0.15) is 29.2 Å². The van der Waals surface area contributed by atoms with E-state index < -0.39 is 10.2 Å². The van der Waals surface area contributed by atoms with Gasteiger partial charge in [0.05, 0.1) is 0 Å². The molecule has 0 radical (unpaired) electrons. The van der Waals surface area contributed by atoms with Crippen molar-refractivity contribution < 1.29 is 8.42 Å². The van der Waals surface area contributed by atoms with Gasteiger partial charge in [0.2, 0.25) is 0 Å². The highest BCUT2D eigenvalue weighted by molar-refractivity contribution is 7.99. The third-order valence-corrected chi connectivity index (χ3v) is 7.33. The van der Waals surface area contributed by atoms with Crippen molar-refractivity contribution in [1.82, 2.24) is 14.3 Å². The van der Waals surface area contributed by atoms with Gasteiger partial charge in [0.1, 0.15) is 0 Å². The molecule has 1 saturated carbocycles. The van der Waals surface area contributed by atoms with Crippen LogP contribution in [0.15, 0.2) is 0 Å². The van der Waals surface area contributed by atoms with Crippen molar-refractivity contribution in [2.75, 3.05) is 32.9 Å². The fourth-order valence-electron chi connectivity index (χ4n) is 3.45. The molecule has 0 spiro atoms. The van der Waals surface area contributed by atoms with E-state index in [2.05, 4.69) is 16.3 Å². The van der Waals surface area contributed by atoms with E-state index in [1.54, 1.807) is 4.31 Å². The lowest BCUT2D eigenvalue weighted by atomic mass is 9.96. The zero-order chi connectivity index (χ0) is 15.3. The molecule has 0 bridgehead atoms. The Morgan fingerprint density at radius 3 is 2.76 bits per heavy atom. The summed E-state index contributed by atoms with van der Waals surface area (Å²) in [7, 11) is -1.39. The van der Waals surface area contributed by atoms with Gasteiger partial charge in [-0.3, -0.25) is 0 Å². The first kappa shape index (κ1) is 17.5. The summed E-state index contributed by atoms with van der Waals surface area (Å²) in [6.07, 6.45) is 8.48. The number of nitrogens with zero attached hydrogens (tertiary/aromatic N) is 1. The zero-order valence-corrected chi connectivity index (χ0v) is 14.8. The number of nitrogens with one attached hydrogen (secondary N) is 2. The summed E-state index contributed by atoms with van der Waals surface area (Å²) in [6, 6.07) is 0.117. The maximum absolute atomic E-state index is 12.6. The summed E-state index contributed by atoms with van der Waals surface area (Å²) >= 11 is 1.86. The number of piperidine rings is 1. The summed E-state index contributed by atoms with van der Waals surface area (Å²) in [5, 5.41) is 3.76. The Bertz CT molecular complexity index is 414. The maximum atomic E-state index is 12.6. The smallest absolute Gasteiger partial charge is 0.279 e. The van der Waals surface area contributed by atoms with E-state index in [0.717, 1.165) is 38.6 Å². The minimum absolute atomic E-state index is 0.117. The molecular formula is C14H29N3O2S2. The molecule has 2 fully saturated rings. The Labute approximate surface area is 133 Å². The second kappa shape index (κ2) is 8.15. The first-order valence-electron chi connectivity index (χ1n) is 8.00. The normalized spacial score (nSPS) is 32.2. The quantitative estimate of drug-likeness (QED) is 0.771. The van der Waals surface area contributed by atoms with Crippen LogP contribution in [0.3, 0.4) is 0 Å². The van der Waals surface area contributed by atoms with Crippen LogP contribution in [0.2, 0.25) is 0 Å². The van der Waals surface area contributed by atoms with Crippen molar-refractivity contribution in [3.05, 3.63) is 0 Å². The summed E-state index contributed by atoms with van der Waals surface area (Å²) < 4.78 is 29.8. The van der Waals surface area contributed by atoms with Crippen molar-refractivity contribution in [2.45, 2.75) is 49.8 Å². The molecule has 124 valence electrons. The van der Waals surface area contributed by atoms with Crippen LogP contribution in [0, 0.1) is 5.92 Å². The van der Waals surface area contributed by atoms with Crippen molar-refractivity contribution in [3.63, 3.8) is 0 Å². The van der Waals surface area contributed by atoms with Gasteiger partial charge in [-0.05, 0) is 57.9 Å². The molecule has 21 heavy (non-hydrogen) atoms. The molecule has 3 atom stereocenters. The van der Waals surface area contributed by atoms with Crippen LogP contribution in [0.5, 0.6) is 0 Å². The molecule has 2 aliphatic rings. The average Bonchev–Trinajstić information content (AvgIpc) is 2.48. The second-order valence-electron chi connectivity index (χ2n) is 6.27. The Hall–Kier alpha value is 0.180. The first-order valence-corrected chi connectivity index (χ1v) is 10.7. The van der Waals surface area contributed by atoms with Crippen molar-refractivity contribution in [2.24, 2.45) is 5.92 Å². The lowest BCUT2D eigenvalue weighted by Crippen LogP contribution is -2.51. The second-order valence-corrected chi connectivity index (χ2v) is 9.11. The lowest BCUT2D eigenvalue weighted by molar-refractivity contribution is 0.258. The third-order valence-electron chi connectivity index (χ3n) is 4.59. The lowest BCUT2D eigenvalue weighted by Gasteiger charge is -2.34. The fraction of sp³-hybridized carbons (Fsp3) is 1.00. The third kappa shape index (κ3) is 5.10. The van der Waals surface area contributed by atoms with E-state index in [0.29, 0.717) is 24.3 Å². The van der Waals surface area contributed by atoms with E-state index in [9.17, 15) is 8.42 Å². The molecule has 0 aromatic carbocycles. The van der Waals surface area contributed by atoms with Gasteiger partial charge < -0.3 is 5.32 Å². The highest BCUT2D eigenvalue weighted by Crippen LogP contribution is 2.28. The molecule has 3 unspecified atom stereocenters. The number of hydrogen-bond donors (Lipinski definition) is 2. The standard InChI is InChI=1S/C14H29N3O2S2/c1-15-10-12-5-4-8-17(11-12)21(18,19)16-13-6-3-7-14(9-13)20-2/h12-16H,3-11H2,1-2H3. The van der Waals surface area contributed by atoms with Crippen LogP contribution in [-0.4, -0.2) is 57.0 Å². The van der Waals surface area contributed by atoms with E-state index in [1.165, 1.54) is 6.42 Å². The Kier molecular flexibility index (Phi) is 6.80. The van der Waals surface area contributed by atoms with Crippen LogP contribution in [0.25, 0.3) is 0 Å². The summed E-state index contributed by atoms with van der Waals surface area (Å²) in [5.41, 5.74) is 0. The maximum Gasteiger partial charge on any atom is 0.279 e. The first-order chi connectivity index (χ1) is 10.0. The van der Waals surface area contributed by atoms with Crippen molar-refractivity contribution in [3.8, 4) is 0 Å². The zero-order valence-electron chi connectivity index (χ0n) is 13.2. The minimum atomic E-state index is -3.32. The predicted octanol–water partition coefficient (Wildman–Crippen LogP) is 1.43. The molecule has 7 heteroatoms. The van der Waals surface area contributed by atoms with Crippen LogP contribution < -0.4 is 10.0 Å². The summed E-state index contributed by atoms with van der Waals surface area (Å²) in [6.45, 7) is 2.20. The Balaban J connectivity index is 1.91. The van der Waals surface area contributed by atoms with Crippen LogP contribution >= 0.6 is 11.8 Å². The van der Waals surface area contributed by atoms with E-state index >= 15 is 0 Å². The predicted molar refractivity (Wildman–Crippen MR) is 89.8 cm³/mol. The van der Waals surface area contributed by atoms with Gasteiger partial charge in [-0.15, -0.1) is 0 Å². The molecule has 2 N–H and O–H groups in total. The molecule has 1 saturated heterocycles. The molecule has 5 nitrogen and oxygen atoms in total. The van der Waals surface area contributed by atoms with Crippen molar-refractivity contribution >= 4 is 22.0 Å². The van der Waals surface area contributed by atoms with Gasteiger partial charge in [-0.1, -0.05) is 6.42 Å². The van der Waals surface area contributed by atoms with Gasteiger partial charge >= 0.3 is 0 Å². The van der Waals surface area contributed by atoms with Gasteiger partial charge in [0.25, 0.3) is 10.2 Å². The van der Waals surface area contributed by atoms with E-state index in [4.69, 9.17) is 0 Å². The summed E-state index contributed by atoms with van der Waals surface area (Å²) in [5.74, 6) is 0.436. The van der Waals surface area contributed by atoms with Gasteiger partial charge in [0.15, 0.2) is 0 Å². The number of hydrogen-bond acceptors (Lipinski definition) is 4. The van der Waals surface area contributed by atoms with Crippen LogP contribution in [-0.2, 0) is 10.2 Å². The monoisotopic (exact) mass is 335 g/mol. The Morgan fingerprint density at radius 1 is 1.24 bits per heavy atom. The fourth-order valence-corrected chi connectivity index (χ4v) is 5.84. The molecule has 2 rings (SSSR count). The molecule has 0 aromatic rings. The van der Waals surface area contributed by atoms with Crippen LogP contribution in [0.1, 0.15) is 38.5 Å². The van der Waals surface area contributed by atoms with E-state index in [1.807, 2.05) is 18.8 Å². The minimum Gasteiger partial charge on any atom is -0.319 e. The molecule has 1 aliphatic heterocycles. The molecule has 1 aliphatic carbocycles. The molecular weight excluding hydrogens is 306 g/mol. The van der Waals surface area contributed by atoms with E-state index in [-0.39, 0.29) is 6.04 Å². The number of rotatable bonds is 6. The van der Waals surface area contributed by atoms with Gasteiger partial charge in [-0.25, -0.2) is 0 Å². The molecule has 0 amide bonds. The molecule has 1 heterocycles. The largest absolute Gasteiger partial charge is 0.319 e. The molecule has 0 aromatic heterocycles. The SMILES string of the molecule is CNCC1CCCN(S(=O)(=O)NC2CCCC(SC)C2)C1. The summed E-state index contributed by atoms with van der Waals surface area (Å²) in [4.78, 5) is 0. The highest BCUT2D eigenvalue weighted by Gasteiger charge is 2.32. The van der Waals surface area contributed by atoms with Gasteiger partial charge in [0, 0.05) is 24.4 Å². The topological polar surface area (TPSA) is 61.4 Å². The average molecular weight is 336 g/mol. The highest BCUT2D eigenvalue weighted by atomic mass is 32.2.